The molecule has 2 heterocycles. The van der Waals surface area contributed by atoms with Crippen LogP contribution in [0.15, 0.2) is 42.6 Å². The van der Waals surface area contributed by atoms with E-state index in [-0.39, 0.29) is 11.1 Å². The van der Waals surface area contributed by atoms with E-state index in [0.29, 0.717) is 17.3 Å². The molecule has 6 heteroatoms. The summed E-state index contributed by atoms with van der Waals surface area (Å²) < 4.78 is 0. The van der Waals surface area contributed by atoms with Crippen LogP contribution in [0.1, 0.15) is 37.5 Å². The van der Waals surface area contributed by atoms with Gasteiger partial charge in [-0.3, -0.25) is 0 Å². The van der Waals surface area contributed by atoms with Crippen molar-refractivity contribution in [2.75, 3.05) is 0 Å². The van der Waals surface area contributed by atoms with E-state index in [1.54, 1.807) is 12.1 Å². The number of rotatable bonds is 4. The first-order valence-corrected chi connectivity index (χ1v) is 8.11. The molecule has 0 amide bonds. The molecule has 0 unspecified atom stereocenters. The van der Waals surface area contributed by atoms with Crippen LogP contribution >= 0.6 is 0 Å². The van der Waals surface area contributed by atoms with E-state index in [2.05, 4.69) is 9.97 Å². The molecule has 0 saturated heterocycles. The number of aryl methyl sites for hydroxylation is 1. The van der Waals surface area contributed by atoms with Gasteiger partial charge in [0.25, 0.3) is 0 Å². The lowest BCUT2D eigenvalue weighted by Crippen LogP contribution is -2.00. The molecule has 26 heavy (non-hydrogen) atoms. The van der Waals surface area contributed by atoms with Crippen LogP contribution in [-0.2, 0) is 6.42 Å². The molecule has 0 aliphatic rings. The predicted octanol–water partition coefficient (Wildman–Crippen LogP) is 3.94. The van der Waals surface area contributed by atoms with E-state index in [4.69, 9.17) is 0 Å². The number of aromatic amines is 2. The van der Waals surface area contributed by atoms with Crippen molar-refractivity contribution in [3.8, 4) is 0 Å². The summed E-state index contributed by atoms with van der Waals surface area (Å²) in [4.78, 5) is 28.9. The van der Waals surface area contributed by atoms with Gasteiger partial charge in [0.15, 0.2) is 0 Å². The third-order valence-electron chi connectivity index (χ3n) is 4.54. The first-order chi connectivity index (χ1) is 12.4. The van der Waals surface area contributed by atoms with Crippen LogP contribution in [0.3, 0.4) is 0 Å². The number of hydrogen-bond donors (Lipinski definition) is 4. The zero-order chi connectivity index (χ0) is 18.4. The number of carbonyl (C=O) groups is 2. The smallest absolute Gasteiger partial charge is 0.337 e. The van der Waals surface area contributed by atoms with Gasteiger partial charge in [0.1, 0.15) is 0 Å². The van der Waals surface area contributed by atoms with Crippen LogP contribution < -0.4 is 0 Å². The average molecular weight is 348 g/mol. The molecule has 2 aromatic carbocycles. The number of nitrogens with one attached hydrogen (secondary N) is 2. The second kappa shape index (κ2) is 5.77. The minimum Gasteiger partial charge on any atom is -0.478 e. The minimum atomic E-state index is -0.969. The molecule has 6 nitrogen and oxygen atoms in total. The van der Waals surface area contributed by atoms with Gasteiger partial charge in [0.05, 0.1) is 16.6 Å². The van der Waals surface area contributed by atoms with Gasteiger partial charge in [-0.1, -0.05) is 12.1 Å². The van der Waals surface area contributed by atoms with Gasteiger partial charge in [-0.25, -0.2) is 9.59 Å². The molecular formula is C20H16N2O4. The van der Waals surface area contributed by atoms with Crippen LogP contribution in [0.2, 0.25) is 0 Å². The van der Waals surface area contributed by atoms with Crippen molar-refractivity contribution in [2.45, 2.75) is 13.3 Å². The summed E-state index contributed by atoms with van der Waals surface area (Å²) in [5.41, 5.74) is 4.64. The number of benzene rings is 2. The van der Waals surface area contributed by atoms with Crippen LogP contribution in [-0.4, -0.2) is 32.1 Å². The van der Waals surface area contributed by atoms with Gasteiger partial charge in [-0.2, -0.15) is 0 Å². The molecule has 130 valence electrons. The number of carboxylic acid groups (broad SMARTS) is 2. The molecule has 2 aromatic heterocycles. The average Bonchev–Trinajstić information content (AvgIpc) is 3.15. The number of aromatic carboxylic acids is 2. The third kappa shape index (κ3) is 2.61. The lowest BCUT2D eigenvalue weighted by atomic mass is 9.99. The molecule has 4 aromatic rings. The lowest BCUT2D eigenvalue weighted by molar-refractivity contribution is 0.0688. The number of aromatic nitrogens is 2. The highest BCUT2D eigenvalue weighted by Gasteiger charge is 2.14. The zero-order valence-electron chi connectivity index (χ0n) is 14.0. The number of H-pyrrole nitrogens is 2. The van der Waals surface area contributed by atoms with E-state index >= 15 is 0 Å². The maximum atomic E-state index is 11.6. The molecule has 4 N–H and O–H groups in total. The molecule has 0 atom stereocenters. The largest absolute Gasteiger partial charge is 0.478 e. The first kappa shape index (κ1) is 16.0. The van der Waals surface area contributed by atoms with Crippen molar-refractivity contribution in [2.24, 2.45) is 0 Å². The van der Waals surface area contributed by atoms with Gasteiger partial charge >= 0.3 is 11.9 Å². The molecule has 0 spiro atoms. The fourth-order valence-electron chi connectivity index (χ4n) is 3.41. The van der Waals surface area contributed by atoms with Crippen LogP contribution in [0.4, 0.5) is 0 Å². The van der Waals surface area contributed by atoms with Crippen molar-refractivity contribution < 1.29 is 19.8 Å². The second-order valence-corrected chi connectivity index (χ2v) is 6.43. The Balaban J connectivity index is 1.76. The molecule has 0 aliphatic carbocycles. The summed E-state index contributed by atoms with van der Waals surface area (Å²) in [5.74, 6) is -1.94. The standard InChI is InChI=1S/C20H16N2O4/c1-10-4-13-6-12(7-15(19(23)24)18(13)22-10)5-11-2-3-14-16(20(25)26)9-21-17(14)8-11/h2-4,6-9,21-22H,5H2,1H3,(H,23,24)(H,25,26). The highest BCUT2D eigenvalue weighted by atomic mass is 16.4. The molecule has 0 saturated carbocycles. The normalized spacial score (nSPS) is 11.3. The van der Waals surface area contributed by atoms with Crippen molar-refractivity contribution in [3.05, 3.63) is 70.5 Å². The molecule has 0 bridgehead atoms. The Morgan fingerprint density at radius 3 is 2.46 bits per heavy atom. The van der Waals surface area contributed by atoms with Gasteiger partial charge in [-0.05, 0) is 48.7 Å². The Hall–Kier alpha value is -3.54. The van der Waals surface area contributed by atoms with E-state index in [1.165, 1.54) is 6.20 Å². The van der Waals surface area contributed by atoms with E-state index in [1.807, 2.05) is 31.2 Å². The van der Waals surface area contributed by atoms with Crippen LogP contribution in [0.5, 0.6) is 0 Å². The van der Waals surface area contributed by atoms with E-state index in [0.717, 1.165) is 27.7 Å². The summed E-state index contributed by atoms with van der Waals surface area (Å²) in [5, 5.41) is 20.2. The Morgan fingerprint density at radius 2 is 1.73 bits per heavy atom. The zero-order valence-corrected chi connectivity index (χ0v) is 14.0. The molecular weight excluding hydrogens is 332 g/mol. The predicted molar refractivity (Wildman–Crippen MR) is 98.1 cm³/mol. The minimum absolute atomic E-state index is 0.240. The maximum absolute atomic E-state index is 11.6. The highest BCUT2D eigenvalue weighted by Crippen LogP contribution is 2.25. The van der Waals surface area contributed by atoms with Crippen molar-refractivity contribution in [3.63, 3.8) is 0 Å². The first-order valence-electron chi connectivity index (χ1n) is 8.11. The number of hydrogen-bond acceptors (Lipinski definition) is 2. The second-order valence-electron chi connectivity index (χ2n) is 6.43. The lowest BCUT2D eigenvalue weighted by Gasteiger charge is -2.06. The fraction of sp³-hybridized carbons (Fsp3) is 0.100. The molecule has 0 radical (unpaired) electrons. The van der Waals surface area contributed by atoms with Crippen molar-refractivity contribution >= 4 is 33.7 Å². The summed E-state index contributed by atoms with van der Waals surface area (Å²) in [7, 11) is 0. The van der Waals surface area contributed by atoms with Gasteiger partial charge < -0.3 is 20.2 Å². The monoisotopic (exact) mass is 348 g/mol. The van der Waals surface area contributed by atoms with E-state index < -0.39 is 11.9 Å². The van der Waals surface area contributed by atoms with Gasteiger partial charge in [0, 0.05) is 28.2 Å². The van der Waals surface area contributed by atoms with E-state index in [9.17, 15) is 19.8 Å². The Bertz CT molecular complexity index is 1180. The quantitative estimate of drug-likeness (QED) is 0.448. The molecule has 4 rings (SSSR count). The highest BCUT2D eigenvalue weighted by molar-refractivity contribution is 6.04. The summed E-state index contributed by atoms with van der Waals surface area (Å²) in [6, 6.07) is 11.1. The van der Waals surface area contributed by atoms with Crippen LogP contribution in [0, 0.1) is 6.92 Å². The summed E-state index contributed by atoms with van der Waals surface area (Å²) >= 11 is 0. The van der Waals surface area contributed by atoms with Crippen LogP contribution in [0.25, 0.3) is 21.8 Å². The Morgan fingerprint density at radius 1 is 0.962 bits per heavy atom. The molecule has 0 aliphatic heterocycles. The molecule has 0 fully saturated rings. The maximum Gasteiger partial charge on any atom is 0.337 e. The fourth-order valence-corrected chi connectivity index (χ4v) is 3.41. The van der Waals surface area contributed by atoms with Crippen molar-refractivity contribution in [1.82, 2.24) is 9.97 Å². The Labute approximate surface area is 148 Å². The topological polar surface area (TPSA) is 106 Å². The summed E-state index contributed by atoms with van der Waals surface area (Å²) in [6.45, 7) is 1.89. The SMILES string of the molecule is Cc1cc2cc(Cc3ccc4c(C(=O)O)c[nH]c4c3)cc(C(=O)O)c2[nH]1. The van der Waals surface area contributed by atoms with Gasteiger partial charge in [0.2, 0.25) is 0 Å². The summed E-state index contributed by atoms with van der Waals surface area (Å²) in [6.07, 6.45) is 2.03. The number of fused-ring (bicyclic) bond motifs is 2. The number of carboxylic acids is 2. The Kier molecular flexibility index (Phi) is 3.54. The van der Waals surface area contributed by atoms with Gasteiger partial charge in [-0.15, -0.1) is 0 Å². The third-order valence-corrected chi connectivity index (χ3v) is 4.54. The van der Waals surface area contributed by atoms with Crippen molar-refractivity contribution in [1.29, 1.82) is 0 Å².